The predicted molar refractivity (Wildman–Crippen MR) is 185 cm³/mol. The van der Waals surface area contributed by atoms with Crippen LogP contribution in [0.2, 0.25) is 0 Å². The molecule has 5 rings (SSSR count). The summed E-state index contributed by atoms with van der Waals surface area (Å²) in [5, 5.41) is 20.0. The molecule has 4 aromatic rings. The monoisotopic (exact) mass is 660 g/mol. The second-order valence-electron chi connectivity index (χ2n) is 11.1. The molecule has 0 unspecified atom stereocenters. The summed E-state index contributed by atoms with van der Waals surface area (Å²) < 4.78 is 18.1. The molecule has 13 heteroatoms. The number of ether oxygens (including phenoxy) is 3. The van der Waals surface area contributed by atoms with Gasteiger partial charge in [-0.05, 0) is 65.9 Å². The minimum Gasteiger partial charge on any atom is -0.494 e. The van der Waals surface area contributed by atoms with Gasteiger partial charge in [0.15, 0.2) is 11.6 Å². The van der Waals surface area contributed by atoms with Crippen LogP contribution in [0.4, 0.5) is 11.4 Å². The second kappa shape index (κ2) is 16.7. The minimum absolute atomic E-state index is 0.00924. The van der Waals surface area contributed by atoms with Crippen molar-refractivity contribution in [2.45, 2.75) is 37.8 Å². The van der Waals surface area contributed by atoms with Gasteiger partial charge in [-0.3, -0.25) is 4.79 Å². The number of azide groups is 2. The van der Waals surface area contributed by atoms with Crippen molar-refractivity contribution in [2.24, 2.45) is 15.2 Å². The normalized spacial score (nSPS) is 16.4. The van der Waals surface area contributed by atoms with Gasteiger partial charge in [-0.2, -0.15) is 0 Å². The molecule has 0 radical (unpaired) electrons. The number of aliphatic hydroxyl groups excluding tert-OH is 1. The molecule has 4 aromatic carbocycles. The highest BCUT2D eigenvalue weighted by atomic mass is 16.5. The Morgan fingerprint density at radius 1 is 0.918 bits per heavy atom. The maximum Gasteiger partial charge on any atom is 0.252 e. The van der Waals surface area contributed by atoms with Gasteiger partial charge in [0.05, 0.1) is 13.2 Å². The number of aliphatic hydroxyl groups is 1. The largest absolute Gasteiger partial charge is 0.494 e. The second-order valence-corrected chi connectivity index (χ2v) is 11.1. The lowest BCUT2D eigenvalue weighted by molar-refractivity contribution is -0.128. The predicted octanol–water partition coefficient (Wildman–Crippen LogP) is 7.59. The van der Waals surface area contributed by atoms with Gasteiger partial charge in [0.2, 0.25) is 5.90 Å². The smallest absolute Gasteiger partial charge is 0.252 e. The summed E-state index contributed by atoms with van der Waals surface area (Å²) in [6.45, 7) is 3.06. The summed E-state index contributed by atoms with van der Waals surface area (Å²) in [5.41, 5.74) is 20.3. The summed E-state index contributed by atoms with van der Waals surface area (Å²) >= 11 is 0. The first-order valence-electron chi connectivity index (χ1n) is 15.9. The summed E-state index contributed by atoms with van der Waals surface area (Å²) in [6.07, 6.45) is -0.0668. The first-order chi connectivity index (χ1) is 24.0. The van der Waals surface area contributed by atoms with Crippen molar-refractivity contribution >= 4 is 23.2 Å². The van der Waals surface area contributed by atoms with Crippen molar-refractivity contribution in [2.75, 3.05) is 26.4 Å². The van der Waals surface area contributed by atoms with E-state index < -0.39 is 17.6 Å². The van der Waals surface area contributed by atoms with Gasteiger partial charge in [0, 0.05) is 58.3 Å². The molecule has 0 aliphatic carbocycles. The number of benzene rings is 4. The number of hydrogen-bond donors (Lipinski definition) is 2. The van der Waals surface area contributed by atoms with Crippen LogP contribution in [0.3, 0.4) is 0 Å². The van der Waals surface area contributed by atoms with Crippen LogP contribution in [0.25, 0.3) is 20.9 Å². The number of nitrogens with one attached hydrogen (secondary N) is 1. The third-order valence-corrected chi connectivity index (χ3v) is 7.96. The Morgan fingerprint density at radius 2 is 1.59 bits per heavy atom. The Hall–Kier alpha value is -6.00. The van der Waals surface area contributed by atoms with E-state index in [9.17, 15) is 15.9 Å². The third kappa shape index (κ3) is 8.11. The molecular formula is C36H36N8O5. The zero-order valence-electron chi connectivity index (χ0n) is 27.0. The van der Waals surface area contributed by atoms with E-state index >= 15 is 0 Å². The first-order valence-corrected chi connectivity index (χ1v) is 15.9. The average Bonchev–Trinajstić information content (AvgIpc) is 3.51. The van der Waals surface area contributed by atoms with Gasteiger partial charge in [0.1, 0.15) is 11.5 Å². The number of hydrogen-bond acceptors (Lipinski definition) is 8. The molecule has 0 fully saturated rings. The van der Waals surface area contributed by atoms with E-state index in [1.54, 1.807) is 72.8 Å². The van der Waals surface area contributed by atoms with E-state index in [4.69, 9.17) is 24.3 Å². The molecule has 13 nitrogen and oxygen atoms in total. The van der Waals surface area contributed by atoms with Crippen molar-refractivity contribution in [3.63, 3.8) is 0 Å². The zero-order chi connectivity index (χ0) is 34.5. The summed E-state index contributed by atoms with van der Waals surface area (Å²) in [7, 11) is 0. The standard InChI is InChI=1S/C36H36N8O5/c1-2-47-32-15-8-4-10-25(32)20-21-39-35(46)36(24-27-11-3-6-13-30(27)41-43-37)33(29-12-5-7-14-31(29)42-44-38)49-34(40-36)26-16-18-28(19-17-26)48-23-9-22-45/h3-8,10-19,33,45H,2,9,20-24H2,1H3,(H,39,46)/t33-,36-/m1/s1. The van der Waals surface area contributed by atoms with E-state index in [-0.39, 0.29) is 31.2 Å². The summed E-state index contributed by atoms with van der Waals surface area (Å²) in [6, 6.07) is 28.6. The first kappa shape index (κ1) is 34.3. The van der Waals surface area contributed by atoms with Crippen LogP contribution < -0.4 is 14.8 Å². The molecule has 1 amide bonds. The maximum atomic E-state index is 14.7. The molecule has 250 valence electrons. The third-order valence-electron chi connectivity index (χ3n) is 7.96. The highest BCUT2D eigenvalue weighted by Crippen LogP contribution is 2.46. The van der Waals surface area contributed by atoms with Crippen LogP contribution in [0.5, 0.6) is 11.5 Å². The SMILES string of the molecule is CCOc1ccccc1CCNC(=O)[C@]1(Cc2ccccc2N=[N+]=[N-])N=C(c2ccc(OCCCO)cc2)O[C@@H]1c1ccccc1N=[N+]=[N-]. The quantitative estimate of drug-likeness (QED) is 0.0541. The van der Waals surface area contributed by atoms with E-state index in [1.165, 1.54) is 0 Å². The van der Waals surface area contributed by atoms with Crippen molar-refractivity contribution in [1.82, 2.24) is 5.32 Å². The molecule has 1 aliphatic rings. The van der Waals surface area contributed by atoms with Crippen molar-refractivity contribution in [1.29, 1.82) is 0 Å². The van der Waals surface area contributed by atoms with Crippen LogP contribution in [-0.2, 0) is 22.4 Å². The molecule has 0 saturated carbocycles. The number of carbonyl (C=O) groups is 1. The lowest BCUT2D eigenvalue weighted by atomic mass is 9.81. The lowest BCUT2D eigenvalue weighted by Gasteiger charge is -2.32. The van der Waals surface area contributed by atoms with Gasteiger partial charge in [0.25, 0.3) is 5.91 Å². The lowest BCUT2D eigenvalue weighted by Crippen LogP contribution is -2.50. The minimum atomic E-state index is -1.63. The molecule has 49 heavy (non-hydrogen) atoms. The van der Waals surface area contributed by atoms with E-state index in [0.29, 0.717) is 54.2 Å². The Balaban J connectivity index is 1.60. The molecule has 0 spiro atoms. The van der Waals surface area contributed by atoms with Crippen LogP contribution >= 0.6 is 0 Å². The molecule has 2 N–H and O–H groups in total. The van der Waals surface area contributed by atoms with Gasteiger partial charge in [-0.25, -0.2) is 4.99 Å². The fraction of sp³-hybridized carbons (Fsp3) is 0.278. The molecule has 2 atom stereocenters. The van der Waals surface area contributed by atoms with Crippen molar-refractivity contribution in [3.05, 3.63) is 140 Å². The summed E-state index contributed by atoms with van der Waals surface area (Å²) in [4.78, 5) is 25.7. The fourth-order valence-electron chi connectivity index (χ4n) is 5.67. The number of aliphatic imine (C=N–C) groups is 1. The number of amides is 1. The van der Waals surface area contributed by atoms with Crippen LogP contribution in [-0.4, -0.2) is 48.8 Å². The molecule has 0 aromatic heterocycles. The Morgan fingerprint density at radius 3 is 2.33 bits per heavy atom. The molecule has 1 heterocycles. The van der Waals surface area contributed by atoms with Crippen LogP contribution in [0, 0.1) is 0 Å². The van der Waals surface area contributed by atoms with Gasteiger partial charge in [-0.1, -0.05) is 77.0 Å². The highest BCUT2D eigenvalue weighted by Gasteiger charge is 2.54. The molecular weight excluding hydrogens is 624 g/mol. The van der Waals surface area contributed by atoms with Gasteiger partial charge in [-0.15, -0.1) is 0 Å². The Labute approximate surface area is 283 Å². The van der Waals surface area contributed by atoms with Crippen molar-refractivity contribution < 1.29 is 24.1 Å². The van der Waals surface area contributed by atoms with E-state index in [0.717, 1.165) is 11.3 Å². The number of nitrogens with zero attached hydrogens (tertiary/aromatic N) is 7. The van der Waals surface area contributed by atoms with E-state index in [2.05, 4.69) is 25.4 Å². The maximum absolute atomic E-state index is 14.7. The molecule has 0 bridgehead atoms. The van der Waals surface area contributed by atoms with Crippen LogP contribution in [0.1, 0.15) is 41.7 Å². The topological polar surface area (TPSA) is 187 Å². The highest BCUT2D eigenvalue weighted by molar-refractivity contribution is 6.01. The Kier molecular flexibility index (Phi) is 11.7. The Bertz CT molecular complexity index is 1890. The van der Waals surface area contributed by atoms with Crippen LogP contribution in [0.15, 0.2) is 112 Å². The molecule has 1 aliphatic heterocycles. The average molecular weight is 661 g/mol. The van der Waals surface area contributed by atoms with Gasteiger partial charge >= 0.3 is 0 Å². The number of para-hydroxylation sites is 1. The van der Waals surface area contributed by atoms with Crippen molar-refractivity contribution in [3.8, 4) is 11.5 Å². The number of carbonyl (C=O) groups excluding carboxylic acids is 1. The zero-order valence-corrected chi connectivity index (χ0v) is 27.0. The fourth-order valence-corrected chi connectivity index (χ4v) is 5.67. The summed E-state index contributed by atoms with van der Waals surface area (Å²) in [5.74, 6) is 1.10. The number of rotatable bonds is 16. The van der Waals surface area contributed by atoms with Gasteiger partial charge < -0.3 is 24.6 Å². The van der Waals surface area contributed by atoms with E-state index in [1.807, 2.05) is 31.2 Å². The molecule has 0 saturated heterocycles.